The van der Waals surface area contributed by atoms with Crippen molar-refractivity contribution >= 4 is 0 Å². The van der Waals surface area contributed by atoms with Gasteiger partial charge in [0.15, 0.2) is 0 Å². The predicted octanol–water partition coefficient (Wildman–Crippen LogP) is 0.565. The van der Waals surface area contributed by atoms with Crippen LogP contribution in [0.2, 0.25) is 0 Å². The lowest BCUT2D eigenvalue weighted by Crippen LogP contribution is -2.28. The Kier molecular flexibility index (Phi) is 3.03. The third kappa shape index (κ3) is 2.35. The fourth-order valence-corrected chi connectivity index (χ4v) is 3.14. The molecule has 21 heavy (non-hydrogen) atoms. The van der Waals surface area contributed by atoms with E-state index in [1.54, 1.807) is 4.57 Å². The van der Waals surface area contributed by atoms with Crippen molar-refractivity contribution in [2.45, 2.75) is 25.9 Å². The molecular formula is C15H18N4O2. The lowest BCUT2D eigenvalue weighted by molar-refractivity contribution is 0.270. The summed E-state index contributed by atoms with van der Waals surface area (Å²) in [5.74, 6) is 1.89. The van der Waals surface area contributed by atoms with Crippen molar-refractivity contribution in [2.24, 2.45) is 0 Å². The van der Waals surface area contributed by atoms with Gasteiger partial charge in [-0.2, -0.15) is 5.10 Å². The molecule has 6 heteroatoms. The largest absolute Gasteiger partial charge is 0.493 e. The van der Waals surface area contributed by atoms with Crippen LogP contribution in [0, 0.1) is 0 Å². The van der Waals surface area contributed by atoms with Crippen LogP contribution in [0.15, 0.2) is 23.0 Å². The molecule has 0 spiro atoms. The van der Waals surface area contributed by atoms with Crippen LogP contribution in [0.1, 0.15) is 17.0 Å². The molecule has 2 aliphatic heterocycles. The van der Waals surface area contributed by atoms with E-state index in [9.17, 15) is 4.79 Å². The van der Waals surface area contributed by atoms with Gasteiger partial charge < -0.3 is 4.74 Å². The Bertz CT molecular complexity index is 719. The highest BCUT2D eigenvalue weighted by molar-refractivity contribution is 5.39. The maximum Gasteiger partial charge on any atom is 0.343 e. The molecule has 1 aromatic heterocycles. The molecule has 0 saturated heterocycles. The first kappa shape index (κ1) is 12.6. The van der Waals surface area contributed by atoms with Gasteiger partial charge in [-0.1, -0.05) is 12.1 Å². The standard InChI is InChI=1S/C15H18N4O2/c20-15-17-16-14-3-5-18(6-7-19(14)15)10-11-1-2-13-12(9-11)4-8-21-13/h1-2,9H,3-8,10H2,(H,17,20). The molecule has 0 aliphatic carbocycles. The number of benzene rings is 1. The van der Waals surface area contributed by atoms with Crippen molar-refractivity contribution in [3.8, 4) is 5.75 Å². The number of ether oxygens (including phenoxy) is 1. The van der Waals surface area contributed by atoms with Crippen molar-refractivity contribution < 1.29 is 4.74 Å². The fourth-order valence-electron chi connectivity index (χ4n) is 3.14. The van der Waals surface area contributed by atoms with E-state index in [4.69, 9.17) is 4.74 Å². The Morgan fingerprint density at radius 2 is 2.19 bits per heavy atom. The first-order chi connectivity index (χ1) is 10.3. The summed E-state index contributed by atoms with van der Waals surface area (Å²) in [7, 11) is 0. The molecule has 3 heterocycles. The van der Waals surface area contributed by atoms with Gasteiger partial charge in [-0.05, 0) is 17.2 Å². The maximum absolute atomic E-state index is 11.6. The number of fused-ring (bicyclic) bond motifs is 2. The second-order valence-corrected chi connectivity index (χ2v) is 5.66. The Morgan fingerprint density at radius 3 is 3.14 bits per heavy atom. The van der Waals surface area contributed by atoms with Gasteiger partial charge in [0.25, 0.3) is 0 Å². The quantitative estimate of drug-likeness (QED) is 0.876. The molecule has 2 aliphatic rings. The van der Waals surface area contributed by atoms with Crippen molar-refractivity contribution in [1.82, 2.24) is 19.7 Å². The first-order valence-electron chi connectivity index (χ1n) is 7.40. The molecule has 2 aromatic rings. The van der Waals surface area contributed by atoms with Gasteiger partial charge in [0.2, 0.25) is 0 Å². The van der Waals surface area contributed by atoms with E-state index in [1.165, 1.54) is 11.1 Å². The normalized spacial score (nSPS) is 17.9. The Labute approximate surface area is 122 Å². The van der Waals surface area contributed by atoms with Gasteiger partial charge in [0.1, 0.15) is 11.6 Å². The van der Waals surface area contributed by atoms with Crippen LogP contribution < -0.4 is 10.4 Å². The van der Waals surface area contributed by atoms with E-state index in [0.29, 0.717) is 6.54 Å². The number of nitrogens with one attached hydrogen (secondary N) is 1. The van der Waals surface area contributed by atoms with Gasteiger partial charge in [0.05, 0.1) is 6.61 Å². The van der Waals surface area contributed by atoms with Gasteiger partial charge in [-0.25, -0.2) is 9.89 Å². The molecule has 0 atom stereocenters. The number of rotatable bonds is 2. The van der Waals surface area contributed by atoms with E-state index >= 15 is 0 Å². The molecule has 0 radical (unpaired) electrons. The molecule has 0 unspecified atom stereocenters. The van der Waals surface area contributed by atoms with Crippen LogP contribution in [0.3, 0.4) is 0 Å². The lowest BCUT2D eigenvalue weighted by atomic mass is 10.1. The van der Waals surface area contributed by atoms with Crippen LogP contribution in [0.5, 0.6) is 5.75 Å². The molecule has 0 saturated carbocycles. The summed E-state index contributed by atoms with van der Waals surface area (Å²) >= 11 is 0. The highest BCUT2D eigenvalue weighted by atomic mass is 16.5. The van der Waals surface area contributed by atoms with Gasteiger partial charge >= 0.3 is 5.69 Å². The minimum absolute atomic E-state index is 0.0958. The highest BCUT2D eigenvalue weighted by Gasteiger charge is 2.18. The predicted molar refractivity (Wildman–Crippen MR) is 77.5 cm³/mol. The van der Waals surface area contributed by atoms with Crippen LogP contribution in [-0.2, 0) is 25.9 Å². The molecule has 0 amide bonds. The van der Waals surface area contributed by atoms with Crippen molar-refractivity contribution in [1.29, 1.82) is 0 Å². The molecule has 1 N–H and O–H groups in total. The monoisotopic (exact) mass is 286 g/mol. The van der Waals surface area contributed by atoms with E-state index in [2.05, 4.69) is 33.3 Å². The molecule has 0 fully saturated rings. The molecule has 0 bridgehead atoms. The molecule has 110 valence electrons. The SMILES string of the molecule is O=c1[nH]nc2n1CCN(Cc1ccc3c(c1)CCO3)CC2. The minimum Gasteiger partial charge on any atom is -0.493 e. The summed E-state index contributed by atoms with van der Waals surface area (Å²) < 4.78 is 7.29. The smallest absolute Gasteiger partial charge is 0.343 e. The molecule has 4 rings (SSSR count). The van der Waals surface area contributed by atoms with Crippen molar-refractivity contribution in [3.05, 3.63) is 45.6 Å². The van der Waals surface area contributed by atoms with Gasteiger partial charge in [0, 0.05) is 39.0 Å². The van der Waals surface area contributed by atoms with E-state index in [0.717, 1.165) is 50.7 Å². The number of H-pyrrole nitrogens is 1. The van der Waals surface area contributed by atoms with Gasteiger partial charge in [-0.3, -0.25) is 9.47 Å². The number of hydrogen-bond acceptors (Lipinski definition) is 4. The topological polar surface area (TPSA) is 63.2 Å². The summed E-state index contributed by atoms with van der Waals surface area (Å²) in [5.41, 5.74) is 2.53. The zero-order valence-corrected chi connectivity index (χ0v) is 11.8. The number of aromatic amines is 1. The van der Waals surface area contributed by atoms with E-state index in [1.807, 2.05) is 0 Å². The van der Waals surface area contributed by atoms with Crippen LogP contribution in [-0.4, -0.2) is 39.4 Å². The second-order valence-electron chi connectivity index (χ2n) is 5.66. The van der Waals surface area contributed by atoms with Crippen molar-refractivity contribution in [3.63, 3.8) is 0 Å². The summed E-state index contributed by atoms with van der Waals surface area (Å²) in [5, 5.41) is 6.61. The highest BCUT2D eigenvalue weighted by Crippen LogP contribution is 2.26. The zero-order chi connectivity index (χ0) is 14.2. The third-order valence-corrected chi connectivity index (χ3v) is 4.29. The number of aromatic nitrogens is 3. The van der Waals surface area contributed by atoms with Crippen LogP contribution in [0.4, 0.5) is 0 Å². The Hall–Kier alpha value is -2.08. The van der Waals surface area contributed by atoms with E-state index < -0.39 is 0 Å². The average molecular weight is 286 g/mol. The number of hydrogen-bond donors (Lipinski definition) is 1. The molecular weight excluding hydrogens is 268 g/mol. The molecule has 6 nitrogen and oxygen atoms in total. The van der Waals surface area contributed by atoms with Crippen molar-refractivity contribution in [2.75, 3.05) is 19.7 Å². The average Bonchev–Trinajstić information content (AvgIpc) is 3.03. The Morgan fingerprint density at radius 1 is 1.24 bits per heavy atom. The summed E-state index contributed by atoms with van der Waals surface area (Å²) in [6.45, 7) is 4.22. The zero-order valence-electron chi connectivity index (χ0n) is 11.8. The summed E-state index contributed by atoms with van der Waals surface area (Å²) in [6, 6.07) is 6.46. The molecule has 1 aromatic carbocycles. The van der Waals surface area contributed by atoms with Crippen LogP contribution in [0.25, 0.3) is 0 Å². The lowest BCUT2D eigenvalue weighted by Gasteiger charge is -2.19. The summed E-state index contributed by atoms with van der Waals surface area (Å²) in [4.78, 5) is 14.0. The van der Waals surface area contributed by atoms with E-state index in [-0.39, 0.29) is 5.69 Å². The fraction of sp³-hybridized carbons (Fsp3) is 0.467. The van der Waals surface area contributed by atoms with Gasteiger partial charge in [-0.15, -0.1) is 0 Å². The first-order valence-corrected chi connectivity index (χ1v) is 7.40. The third-order valence-electron chi connectivity index (χ3n) is 4.29. The maximum atomic E-state index is 11.6. The minimum atomic E-state index is -0.0958. The summed E-state index contributed by atoms with van der Waals surface area (Å²) in [6.07, 6.45) is 1.82. The second kappa shape index (κ2) is 5.04. The Balaban J connectivity index is 1.47. The number of nitrogens with zero attached hydrogens (tertiary/aromatic N) is 3. The van der Waals surface area contributed by atoms with Crippen LogP contribution >= 0.6 is 0 Å².